The normalized spacial score (nSPS) is 10.8. The summed E-state index contributed by atoms with van der Waals surface area (Å²) in [6, 6.07) is 12.9. The summed E-state index contributed by atoms with van der Waals surface area (Å²) in [5.74, 6) is 0. The molecule has 1 aromatic heterocycles. The van der Waals surface area contributed by atoms with Crippen LogP contribution in [0.4, 0.5) is 5.69 Å². The van der Waals surface area contributed by atoms with Crippen molar-refractivity contribution in [2.24, 2.45) is 0 Å². The number of anilines is 1. The fourth-order valence-corrected chi connectivity index (χ4v) is 2.27. The molecule has 20 heavy (non-hydrogen) atoms. The second-order valence-electron chi connectivity index (χ2n) is 4.54. The van der Waals surface area contributed by atoms with E-state index in [4.69, 9.17) is 17.3 Å². The van der Waals surface area contributed by atoms with Gasteiger partial charge in [-0.05, 0) is 29.8 Å². The van der Waals surface area contributed by atoms with E-state index in [1.54, 1.807) is 16.8 Å². The molecular weight excluding hydrogens is 274 g/mol. The number of nitrogen functional groups attached to an aromatic ring is 1. The van der Waals surface area contributed by atoms with Gasteiger partial charge in [-0.2, -0.15) is 5.10 Å². The number of hydrogen-bond acceptors (Lipinski definition) is 3. The first-order chi connectivity index (χ1) is 9.65. The highest BCUT2D eigenvalue weighted by molar-refractivity contribution is 6.33. The molecule has 3 rings (SSSR count). The van der Waals surface area contributed by atoms with E-state index >= 15 is 0 Å². The number of aromatic nitrogens is 2. The summed E-state index contributed by atoms with van der Waals surface area (Å²) in [6.45, 7) is 0.530. The van der Waals surface area contributed by atoms with Crippen molar-refractivity contribution < 1.29 is 0 Å². The Balaban J connectivity index is 2.09. The predicted octanol–water partition coefficient (Wildman–Crippen LogP) is 2.68. The van der Waals surface area contributed by atoms with Crippen LogP contribution in [-0.2, 0) is 6.54 Å². The summed E-state index contributed by atoms with van der Waals surface area (Å²) in [6.07, 6.45) is 1.33. The number of nitrogens with two attached hydrogens (primary N) is 1. The average molecular weight is 286 g/mol. The number of benzene rings is 2. The molecule has 0 amide bonds. The minimum atomic E-state index is -0.0764. The molecule has 3 aromatic rings. The molecule has 0 unspecified atom stereocenters. The van der Waals surface area contributed by atoms with Gasteiger partial charge < -0.3 is 5.73 Å². The largest absolute Gasteiger partial charge is 0.398 e. The molecule has 0 aliphatic carbocycles. The smallest absolute Gasteiger partial charge is 0.207 e. The van der Waals surface area contributed by atoms with Crippen LogP contribution in [0.25, 0.3) is 10.9 Å². The van der Waals surface area contributed by atoms with Gasteiger partial charge in [0.2, 0.25) is 5.43 Å². The predicted molar refractivity (Wildman–Crippen MR) is 81.0 cm³/mol. The monoisotopic (exact) mass is 285 g/mol. The summed E-state index contributed by atoms with van der Waals surface area (Å²) >= 11 is 5.91. The Labute approximate surface area is 120 Å². The third-order valence-corrected chi connectivity index (χ3v) is 3.50. The van der Waals surface area contributed by atoms with E-state index in [9.17, 15) is 4.79 Å². The Hall–Kier alpha value is -2.33. The lowest BCUT2D eigenvalue weighted by molar-refractivity contribution is 0.695. The van der Waals surface area contributed by atoms with Gasteiger partial charge in [0.25, 0.3) is 0 Å². The second kappa shape index (κ2) is 4.98. The molecule has 100 valence electrons. The zero-order chi connectivity index (χ0) is 14.1. The maximum Gasteiger partial charge on any atom is 0.207 e. The van der Waals surface area contributed by atoms with Crippen LogP contribution in [-0.4, -0.2) is 9.78 Å². The average Bonchev–Trinajstić information content (AvgIpc) is 2.46. The zero-order valence-corrected chi connectivity index (χ0v) is 11.3. The highest BCUT2D eigenvalue weighted by atomic mass is 35.5. The molecule has 0 saturated heterocycles. The van der Waals surface area contributed by atoms with Crippen molar-refractivity contribution in [3.63, 3.8) is 0 Å². The highest BCUT2D eigenvalue weighted by Crippen LogP contribution is 2.20. The minimum absolute atomic E-state index is 0.0764. The van der Waals surface area contributed by atoms with Crippen molar-refractivity contribution in [1.82, 2.24) is 9.78 Å². The molecule has 2 N–H and O–H groups in total. The number of fused-ring (bicyclic) bond motifs is 1. The van der Waals surface area contributed by atoms with Crippen molar-refractivity contribution >= 4 is 28.2 Å². The van der Waals surface area contributed by atoms with Crippen LogP contribution < -0.4 is 11.2 Å². The van der Waals surface area contributed by atoms with E-state index in [2.05, 4.69) is 5.10 Å². The van der Waals surface area contributed by atoms with Gasteiger partial charge in [-0.25, -0.2) is 0 Å². The Morgan fingerprint density at radius 2 is 2.00 bits per heavy atom. The summed E-state index contributed by atoms with van der Waals surface area (Å²) in [5.41, 5.74) is 8.04. The molecule has 1 heterocycles. The van der Waals surface area contributed by atoms with Gasteiger partial charge in [0.1, 0.15) is 0 Å². The van der Waals surface area contributed by atoms with Crippen molar-refractivity contribution in [2.45, 2.75) is 6.54 Å². The molecule has 4 nitrogen and oxygen atoms in total. The first-order valence-electron chi connectivity index (χ1n) is 6.14. The maximum atomic E-state index is 11.8. The van der Waals surface area contributed by atoms with Crippen molar-refractivity contribution in [3.05, 3.63) is 69.5 Å². The van der Waals surface area contributed by atoms with E-state index in [1.807, 2.05) is 30.3 Å². The van der Waals surface area contributed by atoms with Crippen LogP contribution in [0.15, 0.2) is 53.5 Å². The van der Waals surface area contributed by atoms with Crippen molar-refractivity contribution in [1.29, 1.82) is 0 Å². The first kappa shape index (κ1) is 12.7. The lowest BCUT2D eigenvalue weighted by Crippen LogP contribution is -2.13. The fraction of sp³-hybridized carbons (Fsp3) is 0.0667. The van der Waals surface area contributed by atoms with E-state index in [-0.39, 0.29) is 5.43 Å². The summed E-state index contributed by atoms with van der Waals surface area (Å²) in [5, 5.41) is 5.37. The summed E-state index contributed by atoms with van der Waals surface area (Å²) < 4.78 is 1.78. The lowest BCUT2D eigenvalue weighted by atomic mass is 10.2. The number of nitrogens with zero attached hydrogens (tertiary/aromatic N) is 2. The Kier molecular flexibility index (Phi) is 3.16. The van der Waals surface area contributed by atoms with Crippen LogP contribution in [0, 0.1) is 0 Å². The molecule has 0 saturated carbocycles. The molecule has 0 aliphatic rings. The van der Waals surface area contributed by atoms with Crippen LogP contribution in [0.5, 0.6) is 0 Å². The van der Waals surface area contributed by atoms with E-state index < -0.39 is 0 Å². The molecule has 5 heteroatoms. The van der Waals surface area contributed by atoms with Crippen molar-refractivity contribution in [2.75, 3.05) is 5.73 Å². The van der Waals surface area contributed by atoms with Crippen LogP contribution in [0.1, 0.15) is 5.56 Å². The summed E-state index contributed by atoms with van der Waals surface area (Å²) in [4.78, 5) is 11.8. The topological polar surface area (TPSA) is 60.9 Å². The standard InChI is InChI=1S/C15H12ClN3O/c16-12-6-5-10(7-13(12)17)9-19-14-4-2-1-3-11(14)15(20)8-18-19/h1-8H,9,17H2. The van der Waals surface area contributed by atoms with Crippen LogP contribution in [0.2, 0.25) is 5.02 Å². The van der Waals surface area contributed by atoms with E-state index in [1.165, 1.54) is 6.20 Å². The van der Waals surface area contributed by atoms with Crippen molar-refractivity contribution in [3.8, 4) is 0 Å². The number of halogens is 1. The van der Waals surface area contributed by atoms with Gasteiger partial charge in [-0.1, -0.05) is 29.8 Å². The van der Waals surface area contributed by atoms with E-state index in [0.29, 0.717) is 22.6 Å². The quantitative estimate of drug-likeness (QED) is 0.737. The molecule has 0 bridgehead atoms. The minimum Gasteiger partial charge on any atom is -0.398 e. The second-order valence-corrected chi connectivity index (χ2v) is 4.95. The van der Waals surface area contributed by atoms with Crippen LogP contribution >= 0.6 is 11.6 Å². The number of hydrogen-bond donors (Lipinski definition) is 1. The molecule has 0 aliphatic heterocycles. The molecule has 0 fully saturated rings. The van der Waals surface area contributed by atoms with Gasteiger partial charge in [-0.3, -0.25) is 9.48 Å². The van der Waals surface area contributed by atoms with Gasteiger partial charge in [0.05, 0.1) is 29.0 Å². The van der Waals surface area contributed by atoms with Crippen LogP contribution in [0.3, 0.4) is 0 Å². The SMILES string of the molecule is Nc1cc(Cn2ncc(=O)c3ccccc32)ccc1Cl. The highest BCUT2D eigenvalue weighted by Gasteiger charge is 2.05. The Morgan fingerprint density at radius 3 is 2.80 bits per heavy atom. The summed E-state index contributed by atoms with van der Waals surface area (Å²) in [7, 11) is 0. The van der Waals surface area contributed by atoms with Gasteiger partial charge in [-0.15, -0.1) is 0 Å². The van der Waals surface area contributed by atoms with Gasteiger partial charge >= 0.3 is 0 Å². The fourth-order valence-electron chi connectivity index (χ4n) is 2.15. The lowest BCUT2D eigenvalue weighted by Gasteiger charge is -2.10. The molecule has 0 atom stereocenters. The number of rotatable bonds is 2. The number of para-hydroxylation sites is 1. The zero-order valence-electron chi connectivity index (χ0n) is 10.6. The molecule has 0 radical (unpaired) electrons. The molecule has 0 spiro atoms. The molecular formula is C15H12ClN3O. The van der Waals surface area contributed by atoms with Gasteiger partial charge in [0, 0.05) is 5.39 Å². The first-order valence-corrected chi connectivity index (χ1v) is 6.52. The third kappa shape index (κ3) is 2.26. The van der Waals surface area contributed by atoms with E-state index in [0.717, 1.165) is 11.1 Å². The molecule has 2 aromatic carbocycles. The maximum absolute atomic E-state index is 11.8. The Morgan fingerprint density at radius 1 is 1.20 bits per heavy atom. The third-order valence-electron chi connectivity index (χ3n) is 3.15. The Bertz CT molecular complexity index is 842. The van der Waals surface area contributed by atoms with Gasteiger partial charge in [0.15, 0.2) is 0 Å².